The molecule has 0 N–H and O–H groups in total. The van der Waals surface area contributed by atoms with E-state index in [-0.39, 0.29) is 5.91 Å². The van der Waals surface area contributed by atoms with Crippen LogP contribution < -0.4 is 4.74 Å². The summed E-state index contributed by atoms with van der Waals surface area (Å²) < 4.78 is 5.60. The minimum atomic E-state index is 0.125. The Hall–Kier alpha value is -2.06. The molecule has 0 saturated carbocycles. The average molecular weight is 289 g/mol. The Kier molecular flexibility index (Phi) is 7.27. The molecule has 114 valence electrons. The van der Waals surface area contributed by atoms with Crippen LogP contribution in [0.15, 0.2) is 24.3 Å². The third-order valence-corrected chi connectivity index (χ3v) is 3.26. The third-order valence-electron chi connectivity index (χ3n) is 3.26. The van der Waals surface area contributed by atoms with E-state index in [1.165, 1.54) is 0 Å². The van der Waals surface area contributed by atoms with Crippen LogP contribution in [0.2, 0.25) is 0 Å². The Morgan fingerprint density at radius 2 is 1.95 bits per heavy atom. The molecule has 0 aliphatic rings. The van der Waals surface area contributed by atoms with Crippen LogP contribution >= 0.6 is 0 Å². The summed E-state index contributed by atoms with van der Waals surface area (Å²) in [7, 11) is 1.89. The molecule has 5 heteroatoms. The number of hydrogen-bond donors (Lipinski definition) is 0. The van der Waals surface area contributed by atoms with Gasteiger partial charge in [0, 0.05) is 19.6 Å². The van der Waals surface area contributed by atoms with E-state index in [9.17, 15) is 4.79 Å². The fraction of sp³-hybridized carbons (Fsp3) is 0.500. The Balaban J connectivity index is 2.39. The number of hydrogen-bond acceptors (Lipinski definition) is 4. The number of nitrogens with zero attached hydrogens (tertiary/aromatic N) is 3. The zero-order valence-electron chi connectivity index (χ0n) is 13.0. The van der Waals surface area contributed by atoms with Gasteiger partial charge in [0.2, 0.25) is 5.91 Å². The Morgan fingerprint density at radius 3 is 2.57 bits per heavy atom. The molecule has 0 bridgehead atoms. The number of carbonyl (C=O) groups is 1. The van der Waals surface area contributed by atoms with E-state index >= 15 is 0 Å². The number of likely N-dealkylation sites (N-methyl/N-ethyl adjacent to an activating group) is 2. The van der Waals surface area contributed by atoms with Gasteiger partial charge in [-0.2, -0.15) is 5.26 Å². The Labute approximate surface area is 126 Å². The molecule has 0 atom stereocenters. The number of rotatable bonds is 8. The lowest BCUT2D eigenvalue weighted by Crippen LogP contribution is -2.39. The third kappa shape index (κ3) is 5.44. The van der Waals surface area contributed by atoms with Crippen molar-refractivity contribution in [3.05, 3.63) is 29.8 Å². The van der Waals surface area contributed by atoms with Crippen LogP contribution in [0.25, 0.3) is 0 Å². The highest BCUT2D eigenvalue weighted by molar-refractivity contribution is 5.78. The van der Waals surface area contributed by atoms with Crippen molar-refractivity contribution in [1.82, 2.24) is 9.80 Å². The number of benzene rings is 1. The topological polar surface area (TPSA) is 56.6 Å². The molecule has 0 heterocycles. The molecule has 5 nitrogen and oxygen atoms in total. The maximum Gasteiger partial charge on any atom is 0.236 e. The molecule has 0 unspecified atom stereocenters. The van der Waals surface area contributed by atoms with Crippen LogP contribution in [0.3, 0.4) is 0 Å². The Bertz CT molecular complexity index is 493. The molecule has 0 saturated heterocycles. The van der Waals surface area contributed by atoms with Crippen molar-refractivity contribution in [2.45, 2.75) is 13.8 Å². The Morgan fingerprint density at radius 1 is 1.29 bits per heavy atom. The van der Waals surface area contributed by atoms with E-state index in [1.807, 2.05) is 36.8 Å². The lowest BCUT2D eigenvalue weighted by Gasteiger charge is -2.23. The van der Waals surface area contributed by atoms with E-state index in [0.29, 0.717) is 31.0 Å². The summed E-state index contributed by atoms with van der Waals surface area (Å²) in [5, 5.41) is 8.97. The average Bonchev–Trinajstić information content (AvgIpc) is 2.49. The number of carbonyl (C=O) groups excluding carboxylic acids is 1. The van der Waals surface area contributed by atoms with Crippen molar-refractivity contribution in [2.75, 3.05) is 39.8 Å². The van der Waals surface area contributed by atoms with Crippen LogP contribution in [0, 0.1) is 11.3 Å². The largest absolute Gasteiger partial charge is 0.491 e. The van der Waals surface area contributed by atoms with Gasteiger partial charge < -0.3 is 9.64 Å². The van der Waals surface area contributed by atoms with Crippen molar-refractivity contribution in [3.63, 3.8) is 0 Å². The van der Waals surface area contributed by atoms with Crippen LogP contribution in [-0.4, -0.2) is 55.5 Å². The van der Waals surface area contributed by atoms with Crippen molar-refractivity contribution in [1.29, 1.82) is 5.26 Å². The van der Waals surface area contributed by atoms with Gasteiger partial charge in [0.25, 0.3) is 0 Å². The van der Waals surface area contributed by atoms with Crippen LogP contribution in [0.5, 0.6) is 5.75 Å². The van der Waals surface area contributed by atoms with Crippen LogP contribution in [-0.2, 0) is 4.79 Å². The standard InChI is InChI=1S/C16H23N3O2/c1-4-19(5-2)16(20)13-18(3)10-11-21-15-9-7-6-8-14(15)12-17/h6-9H,4-5,10-11,13H2,1-3H3. The maximum atomic E-state index is 11.9. The highest BCUT2D eigenvalue weighted by Crippen LogP contribution is 2.16. The van der Waals surface area contributed by atoms with Gasteiger partial charge in [0.1, 0.15) is 18.4 Å². The van der Waals surface area contributed by atoms with Crippen molar-refractivity contribution in [3.8, 4) is 11.8 Å². The molecule has 0 radical (unpaired) electrons. The van der Waals surface area contributed by atoms with Gasteiger partial charge in [0.15, 0.2) is 0 Å². The fourth-order valence-corrected chi connectivity index (χ4v) is 1.98. The molecule has 0 spiro atoms. The summed E-state index contributed by atoms with van der Waals surface area (Å²) in [4.78, 5) is 15.7. The van der Waals surface area contributed by atoms with Gasteiger partial charge >= 0.3 is 0 Å². The quantitative estimate of drug-likeness (QED) is 0.731. The molecule has 21 heavy (non-hydrogen) atoms. The first-order chi connectivity index (χ1) is 10.1. The summed E-state index contributed by atoms with van der Waals surface area (Å²) in [6, 6.07) is 9.24. The second-order valence-electron chi connectivity index (χ2n) is 4.76. The van der Waals surface area contributed by atoms with E-state index in [1.54, 1.807) is 18.2 Å². The number of para-hydroxylation sites is 1. The summed E-state index contributed by atoms with van der Waals surface area (Å²) in [5.74, 6) is 0.711. The molecule has 1 amide bonds. The van der Waals surface area contributed by atoms with E-state index in [4.69, 9.17) is 10.00 Å². The lowest BCUT2D eigenvalue weighted by molar-refractivity contribution is -0.131. The summed E-state index contributed by atoms with van der Waals surface area (Å²) in [6.07, 6.45) is 0. The van der Waals surface area contributed by atoms with Gasteiger partial charge in [-0.05, 0) is 33.0 Å². The predicted octanol–water partition coefficient (Wildman–Crippen LogP) is 1.74. The first kappa shape index (κ1) is 17.0. The van der Waals surface area contributed by atoms with E-state index < -0.39 is 0 Å². The SMILES string of the molecule is CCN(CC)C(=O)CN(C)CCOc1ccccc1C#N. The molecule has 1 aromatic carbocycles. The summed E-state index contributed by atoms with van der Waals surface area (Å²) in [6.45, 7) is 6.87. The molecular weight excluding hydrogens is 266 g/mol. The maximum absolute atomic E-state index is 11.9. The molecular formula is C16H23N3O2. The van der Waals surface area contributed by atoms with Crippen molar-refractivity contribution < 1.29 is 9.53 Å². The molecule has 1 aromatic rings. The van der Waals surface area contributed by atoms with Crippen molar-refractivity contribution >= 4 is 5.91 Å². The van der Waals surface area contributed by atoms with Gasteiger partial charge in [-0.15, -0.1) is 0 Å². The predicted molar refractivity (Wildman–Crippen MR) is 82.1 cm³/mol. The fourth-order valence-electron chi connectivity index (χ4n) is 1.98. The number of nitriles is 1. The monoisotopic (exact) mass is 289 g/mol. The summed E-state index contributed by atoms with van der Waals surface area (Å²) >= 11 is 0. The number of ether oxygens (including phenoxy) is 1. The minimum absolute atomic E-state index is 0.125. The highest BCUT2D eigenvalue weighted by atomic mass is 16.5. The first-order valence-electron chi connectivity index (χ1n) is 7.20. The molecule has 0 aromatic heterocycles. The van der Waals surface area contributed by atoms with Gasteiger partial charge in [-0.1, -0.05) is 12.1 Å². The van der Waals surface area contributed by atoms with Crippen LogP contribution in [0.1, 0.15) is 19.4 Å². The second-order valence-corrected chi connectivity index (χ2v) is 4.76. The second kappa shape index (κ2) is 8.98. The van der Waals surface area contributed by atoms with Gasteiger partial charge in [0.05, 0.1) is 12.1 Å². The van der Waals surface area contributed by atoms with Gasteiger partial charge in [-0.3, -0.25) is 9.69 Å². The van der Waals surface area contributed by atoms with Crippen LogP contribution in [0.4, 0.5) is 0 Å². The zero-order valence-corrected chi connectivity index (χ0v) is 13.0. The van der Waals surface area contributed by atoms with Crippen molar-refractivity contribution in [2.24, 2.45) is 0 Å². The normalized spacial score (nSPS) is 10.2. The highest BCUT2D eigenvalue weighted by Gasteiger charge is 2.12. The molecule has 0 aliphatic carbocycles. The van der Waals surface area contributed by atoms with E-state index in [2.05, 4.69) is 6.07 Å². The summed E-state index contributed by atoms with van der Waals surface area (Å²) in [5.41, 5.74) is 0.527. The number of amides is 1. The molecule has 0 aliphatic heterocycles. The first-order valence-corrected chi connectivity index (χ1v) is 7.20. The van der Waals surface area contributed by atoms with Gasteiger partial charge in [-0.25, -0.2) is 0 Å². The lowest BCUT2D eigenvalue weighted by atomic mass is 10.2. The molecule has 0 fully saturated rings. The zero-order chi connectivity index (χ0) is 15.7. The minimum Gasteiger partial charge on any atom is -0.491 e. The van der Waals surface area contributed by atoms with E-state index in [0.717, 1.165) is 13.1 Å². The molecule has 1 rings (SSSR count). The smallest absolute Gasteiger partial charge is 0.236 e.